The summed E-state index contributed by atoms with van der Waals surface area (Å²) in [5, 5.41) is 28.8. The van der Waals surface area contributed by atoms with Crippen LogP contribution >= 0.6 is 47.6 Å². The van der Waals surface area contributed by atoms with Gasteiger partial charge in [0.25, 0.3) is 5.97 Å². The normalized spacial score (nSPS) is 5.54. The van der Waals surface area contributed by atoms with E-state index < -0.39 is 12.1 Å². The summed E-state index contributed by atoms with van der Waals surface area (Å²) in [6.45, 7) is 11.4. The molecule has 0 aliphatic carbocycles. The van der Waals surface area contributed by atoms with Crippen LogP contribution in [0.25, 0.3) is 0 Å². The average molecular weight is 1000 g/mol. The number of nitrogens with two attached hydrogens (primary N) is 2. The number of aliphatic hydroxyl groups is 2. The smallest absolute Gasteiger partial charge is 0.406 e. The number of rotatable bonds is 5. The standard InChI is InChI=1S/C6H14.C5H12.C3H7NO2.C3H7NO.C2H3NO.C2H7N.C2H4O2.C2H6O.C2H6S.2CH3Cl.CH3F.2CH5N.2CH4O.CH4S.CH3.Y/c1-3-5-6-4-2;1-3-5-4-2;1-4-3(5)6-2;1-3(5)4-2;1-3-2-4;1-3-2;1-2(3)4;2*1-3-2;8*1-2;;/h3-6H2,1-2H3;3-5H2,1-2H3;1-2H3,(H,4,5);1-2H3,(H,4,5);1H3;3H,1-2H3;1H3,(H,3,4);2*1-2H3;3*1H3;2*2H2,1H3;3*2H,1H3;1H3;/q;;;;;;;;;;;;;;;;;-1;. The topological polar surface area (TPSA) is 248 Å². The molecule has 2 amide bonds. The molecule has 0 aliphatic rings. The molecule has 0 saturated carbocycles. The zero-order valence-corrected chi connectivity index (χ0v) is 47.5. The van der Waals surface area contributed by atoms with Crippen molar-refractivity contribution in [3.05, 3.63) is 7.43 Å². The zero-order chi connectivity index (χ0) is 49.3. The first-order valence-corrected chi connectivity index (χ1v) is 20.5. The number of hydrogen-bond donors (Lipinski definition) is 9. The maximum atomic E-state index is 9.85. The van der Waals surface area contributed by atoms with Crippen LogP contribution in [0.15, 0.2) is 4.99 Å². The molecule has 0 atom stereocenters. The number of isocyanates is 1. The fourth-order valence-corrected chi connectivity index (χ4v) is 0.956. The van der Waals surface area contributed by atoms with Crippen molar-refractivity contribution in [3.63, 3.8) is 0 Å². The van der Waals surface area contributed by atoms with Gasteiger partial charge in [0, 0.05) is 109 Å². The van der Waals surface area contributed by atoms with Crippen LogP contribution in [0.5, 0.6) is 0 Å². The van der Waals surface area contributed by atoms with Gasteiger partial charge >= 0.3 is 6.09 Å². The summed E-state index contributed by atoms with van der Waals surface area (Å²) < 4.78 is 17.9. The number of thiol groups is 1. The number of ether oxygens (including phenoxy) is 2. The number of unbranched alkanes of at least 4 members (excludes halogenated alkanes) is 5. The van der Waals surface area contributed by atoms with Crippen molar-refractivity contribution in [2.75, 3.05) is 124 Å². The molecule has 0 aliphatic heterocycles. The molecule has 15 nitrogen and oxygen atoms in total. The number of thioether (sulfide) groups is 1. The second kappa shape index (κ2) is 297. The summed E-state index contributed by atoms with van der Waals surface area (Å²) >= 11 is 14.6. The maximum absolute atomic E-state index is 9.85. The van der Waals surface area contributed by atoms with Crippen LogP contribution in [0.4, 0.5) is 9.18 Å². The third-order valence-corrected chi connectivity index (χ3v) is 2.50. The van der Waals surface area contributed by atoms with Crippen molar-refractivity contribution in [1.82, 2.24) is 16.0 Å². The Kier molecular flexibility index (Phi) is 645. The number of hydrogen-bond acceptors (Lipinski definition) is 14. The van der Waals surface area contributed by atoms with Gasteiger partial charge in [-0.15, -0.1) is 23.2 Å². The molecule has 0 rings (SSSR count). The minimum atomic E-state index is -0.833. The van der Waals surface area contributed by atoms with Crippen molar-refractivity contribution in [2.24, 2.45) is 16.5 Å². The minimum Gasteiger partial charge on any atom is -0.481 e. The number of halogens is 3. The molecule has 0 aromatic rings. The van der Waals surface area contributed by atoms with Gasteiger partial charge in [0.05, 0.1) is 14.3 Å². The number of aliphatic imine (C=N–C) groups is 1. The first-order chi connectivity index (χ1) is 26.3. The third-order valence-electron chi connectivity index (χ3n) is 2.50. The SMILES string of the molecule is CC(=O)O.CCCCC.CCCCCC.CCl.CCl.CF.CN.CN.CN=C=O.CNC.CNC(=O)OC.CNC(C)=O.CO.CO.COC.CS.CSC.[CH3-].[Y]. The predicted octanol–water partition coefficient (Wildman–Crippen LogP) is 7.28. The average Bonchev–Trinajstić information content (AvgIpc) is 3.24. The number of aliphatic hydroxyl groups excluding tert-OH is 2. The molecule has 10 N–H and O–H groups in total. The number of aliphatic carboxylic acids is 1. The summed E-state index contributed by atoms with van der Waals surface area (Å²) in [5.74, 6) is -0.829. The maximum Gasteiger partial charge on any atom is 0.406 e. The van der Waals surface area contributed by atoms with Crippen LogP contribution in [0.1, 0.15) is 86.5 Å². The van der Waals surface area contributed by atoms with Crippen LogP contribution in [0.3, 0.4) is 0 Å². The van der Waals surface area contributed by atoms with Gasteiger partial charge in [-0.05, 0) is 47.0 Å². The number of alkyl halides is 3. The summed E-state index contributed by atoms with van der Waals surface area (Å²) in [6.07, 6.45) is 19.2. The van der Waals surface area contributed by atoms with Crippen LogP contribution in [-0.2, 0) is 56.6 Å². The van der Waals surface area contributed by atoms with Crippen molar-refractivity contribution in [2.45, 2.75) is 86.5 Å². The minimum absolute atomic E-state index is 0. The van der Waals surface area contributed by atoms with E-state index in [1.54, 1.807) is 39.3 Å². The van der Waals surface area contributed by atoms with E-state index in [2.05, 4.69) is 105 Å². The number of amides is 2. The van der Waals surface area contributed by atoms with E-state index in [0.717, 1.165) is 21.1 Å². The molecule has 57 heavy (non-hydrogen) atoms. The van der Waals surface area contributed by atoms with Crippen molar-refractivity contribution in [3.8, 4) is 0 Å². The van der Waals surface area contributed by atoms with Gasteiger partial charge in [0.1, 0.15) is 0 Å². The van der Waals surface area contributed by atoms with E-state index in [-0.39, 0.29) is 46.0 Å². The van der Waals surface area contributed by atoms with Crippen LogP contribution < -0.4 is 27.4 Å². The second-order valence-electron chi connectivity index (χ2n) is 6.76. The Bertz CT molecular complexity index is 468. The fraction of sp³-hybridized carbons (Fsp3) is 0.861. The van der Waals surface area contributed by atoms with E-state index in [1.807, 2.05) is 26.6 Å². The molecule has 21 heteroatoms. The van der Waals surface area contributed by atoms with Crippen molar-refractivity contribution in [1.29, 1.82) is 0 Å². The number of methoxy groups -OCH3 is 2. The summed E-state index contributed by atoms with van der Waals surface area (Å²) in [4.78, 5) is 40.4. The molecular formula is C36H100Cl2FN6O9S2Y-. The molecule has 0 aromatic carbocycles. The molecule has 0 bridgehead atoms. The van der Waals surface area contributed by atoms with E-state index in [4.69, 9.17) is 24.9 Å². The van der Waals surface area contributed by atoms with E-state index in [0.29, 0.717) is 7.18 Å². The molecule has 365 valence electrons. The first kappa shape index (κ1) is 124. The van der Waals surface area contributed by atoms with Gasteiger partial charge in [-0.25, -0.2) is 14.6 Å². The largest absolute Gasteiger partial charge is 0.481 e. The Morgan fingerprint density at radius 2 is 0.877 bits per heavy atom. The summed E-state index contributed by atoms with van der Waals surface area (Å²) in [5.41, 5.74) is 9.00. The number of carbonyl (C=O) groups is 3. The van der Waals surface area contributed by atoms with E-state index >= 15 is 0 Å². The third kappa shape index (κ3) is 1180. The molecule has 0 saturated heterocycles. The molecule has 0 aromatic heterocycles. The molecule has 0 spiro atoms. The van der Waals surface area contributed by atoms with Crippen LogP contribution in [-0.4, -0.2) is 163 Å². The van der Waals surface area contributed by atoms with Crippen molar-refractivity contribution >= 4 is 71.6 Å². The molecule has 1 radical (unpaired) electrons. The van der Waals surface area contributed by atoms with Gasteiger partial charge < -0.3 is 59.6 Å². The number of nitrogens with one attached hydrogen (secondary N) is 3. The number of carboxylic acid groups (broad SMARTS) is 1. The summed E-state index contributed by atoms with van der Waals surface area (Å²) in [7, 11) is 18.3. The Hall–Kier alpha value is -0.336. The second-order valence-corrected chi connectivity index (χ2v) is 7.58. The van der Waals surface area contributed by atoms with Gasteiger partial charge in [0.15, 0.2) is 0 Å². The monoisotopic (exact) mass is 1000 g/mol. The molecular weight excluding hydrogens is 903 g/mol. The van der Waals surface area contributed by atoms with Gasteiger partial charge in [0.2, 0.25) is 12.0 Å². The summed E-state index contributed by atoms with van der Waals surface area (Å²) in [6, 6.07) is 0. The van der Waals surface area contributed by atoms with Crippen LogP contribution in [0.2, 0.25) is 0 Å². The Morgan fingerprint density at radius 1 is 0.737 bits per heavy atom. The van der Waals surface area contributed by atoms with E-state index in [1.165, 1.54) is 106 Å². The quantitative estimate of drug-likeness (QED) is 0.0329. The fourth-order valence-electron chi connectivity index (χ4n) is 0.956. The Balaban J connectivity index is -0.0000000161. The first-order valence-electron chi connectivity index (χ1n) is 16.4. The predicted molar refractivity (Wildman–Crippen MR) is 259 cm³/mol. The molecule has 0 heterocycles. The Labute approximate surface area is 400 Å². The molecule has 0 fully saturated rings. The van der Waals surface area contributed by atoms with Crippen molar-refractivity contribution < 1.29 is 81.1 Å². The van der Waals surface area contributed by atoms with Gasteiger partial charge in [-0.3, -0.25) is 14.0 Å². The molecule has 0 unspecified atom stereocenters. The van der Waals surface area contributed by atoms with Gasteiger partial charge in [-0.2, -0.15) is 24.4 Å². The van der Waals surface area contributed by atoms with Gasteiger partial charge in [-0.1, -0.05) is 72.6 Å². The Morgan fingerprint density at radius 3 is 0.895 bits per heavy atom. The number of alkyl carbamates (subject to hydrolysis) is 1. The van der Waals surface area contributed by atoms with E-state index in [9.17, 15) is 14.0 Å². The number of nitrogens with zero attached hydrogens (tertiary/aromatic N) is 1. The number of carboxylic acids is 1. The zero-order valence-electron chi connectivity index (χ0n) is 41.4. The van der Waals surface area contributed by atoms with Crippen LogP contribution in [0, 0.1) is 7.43 Å². The number of carbonyl (C=O) groups excluding carboxylic acids is 3.